The molecule has 1 fully saturated rings. The zero-order chi connectivity index (χ0) is 26.4. The van der Waals surface area contributed by atoms with E-state index in [2.05, 4.69) is 0 Å². The average molecular weight is 506 g/mol. The van der Waals surface area contributed by atoms with Crippen LogP contribution < -0.4 is 10.5 Å². The maximum atomic E-state index is 13.5. The molecule has 0 aliphatic carbocycles. The van der Waals surface area contributed by atoms with E-state index in [9.17, 15) is 18.8 Å². The van der Waals surface area contributed by atoms with E-state index >= 15 is 0 Å². The van der Waals surface area contributed by atoms with Crippen molar-refractivity contribution in [2.75, 3.05) is 26.2 Å². The third kappa shape index (κ3) is 6.43. The van der Waals surface area contributed by atoms with Crippen LogP contribution in [0.2, 0.25) is 0 Å². The Bertz CT molecular complexity index is 1280. The molecule has 1 atom stereocenters. The van der Waals surface area contributed by atoms with E-state index in [1.54, 1.807) is 41.0 Å². The van der Waals surface area contributed by atoms with E-state index in [0.29, 0.717) is 37.3 Å². The molecule has 1 aliphatic heterocycles. The van der Waals surface area contributed by atoms with Crippen LogP contribution in [0.15, 0.2) is 72.8 Å². The van der Waals surface area contributed by atoms with Gasteiger partial charge in [0.05, 0.1) is 5.56 Å². The van der Waals surface area contributed by atoms with Crippen molar-refractivity contribution in [2.45, 2.75) is 19.6 Å². The van der Waals surface area contributed by atoms with Gasteiger partial charge in [-0.15, -0.1) is 0 Å². The first-order valence-corrected chi connectivity index (χ1v) is 11.9. The Hall–Kier alpha value is -4.40. The van der Waals surface area contributed by atoms with Gasteiger partial charge in [-0.1, -0.05) is 42.5 Å². The van der Waals surface area contributed by atoms with Crippen LogP contribution in [0.5, 0.6) is 5.75 Å². The number of carbonyl (C=O) groups is 3. The van der Waals surface area contributed by atoms with Crippen molar-refractivity contribution < 1.29 is 28.2 Å². The van der Waals surface area contributed by atoms with Gasteiger partial charge >= 0.3 is 6.09 Å². The summed E-state index contributed by atoms with van der Waals surface area (Å²) in [6.07, 6.45) is -0.937. The molecule has 9 heteroatoms. The lowest BCUT2D eigenvalue weighted by Gasteiger charge is -2.34. The third-order valence-corrected chi connectivity index (χ3v) is 6.14. The lowest BCUT2D eigenvalue weighted by Crippen LogP contribution is -2.50. The monoisotopic (exact) mass is 505 g/mol. The van der Waals surface area contributed by atoms with Gasteiger partial charge in [0, 0.05) is 31.7 Å². The maximum Gasteiger partial charge on any atom is 0.410 e. The van der Waals surface area contributed by atoms with Gasteiger partial charge in [-0.05, 0) is 48.4 Å². The number of carbonyl (C=O) groups excluding carboxylic acids is 3. The van der Waals surface area contributed by atoms with Crippen LogP contribution in [0.4, 0.5) is 9.18 Å². The molecule has 4 rings (SSSR count). The second-order valence-corrected chi connectivity index (χ2v) is 8.71. The van der Waals surface area contributed by atoms with E-state index in [4.69, 9.17) is 15.2 Å². The SMILES string of the molecule is CC(Oc1ccc(F)cc1C(N)=O)c1cccc(C(=O)N2CCN(C(=O)OCc3ccccc3)CC2)c1. The molecule has 1 saturated heterocycles. The average Bonchev–Trinajstić information content (AvgIpc) is 2.93. The van der Waals surface area contributed by atoms with Crippen LogP contribution >= 0.6 is 0 Å². The molecule has 1 heterocycles. The molecule has 0 bridgehead atoms. The summed E-state index contributed by atoms with van der Waals surface area (Å²) < 4.78 is 24.8. The van der Waals surface area contributed by atoms with Crippen LogP contribution in [-0.2, 0) is 11.3 Å². The third-order valence-electron chi connectivity index (χ3n) is 6.14. The van der Waals surface area contributed by atoms with Gasteiger partial charge in [0.25, 0.3) is 11.8 Å². The molecule has 37 heavy (non-hydrogen) atoms. The Morgan fingerprint density at radius 2 is 1.62 bits per heavy atom. The number of benzene rings is 3. The molecule has 1 aliphatic rings. The van der Waals surface area contributed by atoms with Crippen LogP contribution in [0.1, 0.15) is 44.9 Å². The standard InChI is InChI=1S/C28H28FN3O5/c1-19(37-25-11-10-23(29)17-24(25)26(30)33)21-8-5-9-22(16-21)27(34)31-12-14-32(15-13-31)28(35)36-18-20-6-3-2-4-7-20/h2-11,16-17,19H,12-15,18H2,1H3,(H2,30,33). The molecule has 8 nitrogen and oxygen atoms in total. The van der Waals surface area contributed by atoms with Gasteiger partial charge in [0.15, 0.2) is 0 Å². The van der Waals surface area contributed by atoms with Crippen LogP contribution in [-0.4, -0.2) is 53.9 Å². The summed E-state index contributed by atoms with van der Waals surface area (Å²) >= 11 is 0. The van der Waals surface area contributed by atoms with Crippen molar-refractivity contribution >= 4 is 17.9 Å². The second-order valence-electron chi connectivity index (χ2n) is 8.71. The molecule has 2 N–H and O–H groups in total. The number of amides is 3. The summed E-state index contributed by atoms with van der Waals surface area (Å²) in [6, 6.07) is 20.0. The number of hydrogen-bond acceptors (Lipinski definition) is 5. The van der Waals surface area contributed by atoms with Gasteiger partial charge in [-0.3, -0.25) is 9.59 Å². The molecule has 0 spiro atoms. The molecule has 3 aromatic carbocycles. The fourth-order valence-electron chi connectivity index (χ4n) is 4.07. The number of rotatable bonds is 7. The minimum absolute atomic E-state index is 0.0563. The fourth-order valence-corrected chi connectivity index (χ4v) is 4.07. The molecule has 1 unspecified atom stereocenters. The summed E-state index contributed by atoms with van der Waals surface area (Å²) in [5, 5.41) is 0. The van der Waals surface area contributed by atoms with Gasteiger partial charge in [0.2, 0.25) is 0 Å². The minimum atomic E-state index is -0.797. The fraction of sp³-hybridized carbons (Fsp3) is 0.250. The number of primary amides is 1. The van der Waals surface area contributed by atoms with Crippen LogP contribution in [0.3, 0.4) is 0 Å². The molecular formula is C28H28FN3O5. The Balaban J connectivity index is 1.34. The van der Waals surface area contributed by atoms with Crippen LogP contribution in [0.25, 0.3) is 0 Å². The van der Waals surface area contributed by atoms with E-state index in [-0.39, 0.29) is 23.8 Å². The Morgan fingerprint density at radius 1 is 0.919 bits per heavy atom. The maximum absolute atomic E-state index is 13.5. The predicted molar refractivity (Wildman–Crippen MR) is 135 cm³/mol. The highest BCUT2D eigenvalue weighted by molar-refractivity contribution is 5.96. The lowest BCUT2D eigenvalue weighted by molar-refractivity contribution is 0.0543. The quantitative estimate of drug-likeness (QED) is 0.520. The van der Waals surface area contributed by atoms with Crippen molar-refractivity contribution in [2.24, 2.45) is 5.73 Å². The Labute approximate surface area is 214 Å². The van der Waals surface area contributed by atoms with Gasteiger partial charge < -0.3 is 25.0 Å². The summed E-state index contributed by atoms with van der Waals surface area (Å²) in [5.41, 5.74) is 7.38. The number of halogens is 1. The number of hydrogen-bond donors (Lipinski definition) is 1. The first-order chi connectivity index (χ1) is 17.8. The Morgan fingerprint density at radius 3 is 2.32 bits per heavy atom. The molecule has 0 radical (unpaired) electrons. The largest absolute Gasteiger partial charge is 0.485 e. The highest BCUT2D eigenvalue weighted by Gasteiger charge is 2.26. The number of nitrogens with two attached hydrogens (primary N) is 1. The molecule has 192 valence electrons. The normalized spacial score (nSPS) is 14.1. The Kier molecular flexibility index (Phi) is 8.02. The van der Waals surface area contributed by atoms with E-state index < -0.39 is 23.9 Å². The van der Waals surface area contributed by atoms with E-state index in [1.807, 2.05) is 30.3 Å². The van der Waals surface area contributed by atoms with Gasteiger partial charge in [-0.25, -0.2) is 9.18 Å². The summed E-state index contributed by atoms with van der Waals surface area (Å²) in [4.78, 5) is 40.5. The number of ether oxygens (including phenoxy) is 2. The van der Waals surface area contributed by atoms with Crippen molar-refractivity contribution in [3.05, 3.63) is 101 Å². The zero-order valence-corrected chi connectivity index (χ0v) is 20.4. The minimum Gasteiger partial charge on any atom is -0.485 e. The van der Waals surface area contributed by atoms with Crippen LogP contribution in [0, 0.1) is 5.82 Å². The summed E-state index contributed by atoms with van der Waals surface area (Å²) in [7, 11) is 0. The summed E-state index contributed by atoms with van der Waals surface area (Å²) in [5.74, 6) is -1.39. The van der Waals surface area contributed by atoms with Gasteiger partial charge in [-0.2, -0.15) is 0 Å². The lowest BCUT2D eigenvalue weighted by atomic mass is 10.1. The smallest absolute Gasteiger partial charge is 0.410 e. The van der Waals surface area contributed by atoms with Crippen molar-refractivity contribution in [1.82, 2.24) is 9.80 Å². The molecule has 0 aromatic heterocycles. The van der Waals surface area contributed by atoms with Crippen molar-refractivity contribution in [3.8, 4) is 5.75 Å². The number of nitrogens with zero attached hydrogens (tertiary/aromatic N) is 2. The molecule has 0 saturated carbocycles. The highest BCUT2D eigenvalue weighted by atomic mass is 19.1. The van der Waals surface area contributed by atoms with Crippen molar-refractivity contribution in [1.29, 1.82) is 0 Å². The topological polar surface area (TPSA) is 102 Å². The first-order valence-electron chi connectivity index (χ1n) is 11.9. The van der Waals surface area contributed by atoms with Crippen molar-refractivity contribution in [3.63, 3.8) is 0 Å². The molecule has 3 aromatic rings. The summed E-state index contributed by atoms with van der Waals surface area (Å²) in [6.45, 7) is 3.47. The second kappa shape index (κ2) is 11.6. The highest BCUT2D eigenvalue weighted by Crippen LogP contribution is 2.27. The zero-order valence-electron chi connectivity index (χ0n) is 20.4. The predicted octanol–water partition coefficient (Wildman–Crippen LogP) is 4.16. The van der Waals surface area contributed by atoms with Gasteiger partial charge in [0.1, 0.15) is 24.3 Å². The number of piperazine rings is 1. The molecular weight excluding hydrogens is 477 g/mol. The van der Waals surface area contributed by atoms with E-state index in [1.165, 1.54) is 12.1 Å². The first kappa shape index (κ1) is 25.7. The molecule has 3 amide bonds. The van der Waals surface area contributed by atoms with E-state index in [0.717, 1.165) is 11.6 Å².